The lowest BCUT2D eigenvalue weighted by atomic mass is 10.0. The molecule has 2 aromatic carbocycles. The predicted molar refractivity (Wildman–Crippen MR) is 144 cm³/mol. The number of benzene rings is 2. The average molecular weight is 560 g/mol. The molecular weight excluding hydrogens is 538 g/mol. The topological polar surface area (TPSA) is 88.6 Å². The molecule has 3 heterocycles. The van der Waals surface area contributed by atoms with Gasteiger partial charge in [0.15, 0.2) is 5.13 Å². The highest BCUT2D eigenvalue weighted by atomic mass is 35.5. The van der Waals surface area contributed by atoms with E-state index in [-0.39, 0.29) is 16.7 Å². The van der Waals surface area contributed by atoms with Crippen LogP contribution in [0.3, 0.4) is 0 Å². The number of hydrogen-bond donors (Lipinski definition) is 1. The Hall–Kier alpha value is -2.76. The molecule has 1 fully saturated rings. The number of hydrogen-bond acceptors (Lipinski definition) is 7. The van der Waals surface area contributed by atoms with Crippen LogP contribution in [0.5, 0.6) is 11.5 Å². The van der Waals surface area contributed by atoms with Crippen LogP contribution in [-0.2, 0) is 14.8 Å². The van der Waals surface area contributed by atoms with Crippen molar-refractivity contribution in [3.63, 3.8) is 0 Å². The van der Waals surface area contributed by atoms with Crippen LogP contribution >= 0.6 is 34.3 Å². The number of halogens is 1. The van der Waals surface area contributed by atoms with Gasteiger partial charge in [0.2, 0.25) is 5.91 Å². The van der Waals surface area contributed by atoms with Gasteiger partial charge in [-0.2, -0.15) is 4.31 Å². The van der Waals surface area contributed by atoms with Gasteiger partial charge in [-0.25, -0.2) is 13.4 Å². The largest absolute Gasteiger partial charge is 0.457 e. The summed E-state index contributed by atoms with van der Waals surface area (Å²) < 4.78 is 34.0. The van der Waals surface area contributed by atoms with Gasteiger partial charge < -0.3 is 10.1 Å². The van der Waals surface area contributed by atoms with Crippen LogP contribution < -0.4 is 10.1 Å². The van der Waals surface area contributed by atoms with E-state index in [9.17, 15) is 13.2 Å². The van der Waals surface area contributed by atoms with E-state index in [2.05, 4.69) is 10.3 Å². The van der Waals surface area contributed by atoms with Gasteiger partial charge >= 0.3 is 0 Å². The SMILES string of the molecule is O=C(Nc1nc(-c2ccc(Oc3ccccc3)cc2)cs1)C1CCCCN1S(=O)(=O)c1ccc(Cl)s1. The minimum Gasteiger partial charge on any atom is -0.457 e. The van der Waals surface area contributed by atoms with Crippen molar-refractivity contribution in [3.05, 3.63) is 76.4 Å². The lowest BCUT2D eigenvalue weighted by Gasteiger charge is -2.32. The molecule has 0 aliphatic carbocycles. The molecule has 4 aromatic rings. The van der Waals surface area contributed by atoms with Crippen molar-refractivity contribution in [3.8, 4) is 22.8 Å². The van der Waals surface area contributed by atoms with Crippen LogP contribution in [0.25, 0.3) is 11.3 Å². The molecule has 2 aromatic heterocycles. The third kappa shape index (κ3) is 5.47. The first-order chi connectivity index (χ1) is 17.4. The fourth-order valence-corrected chi connectivity index (χ4v) is 7.97. The molecular formula is C25H22ClN3O4S3. The van der Waals surface area contributed by atoms with Gasteiger partial charge in [-0.15, -0.1) is 22.7 Å². The van der Waals surface area contributed by atoms with E-state index in [0.717, 1.165) is 29.1 Å². The van der Waals surface area contributed by atoms with Gasteiger partial charge in [-0.3, -0.25) is 4.79 Å². The fraction of sp³-hybridized carbons (Fsp3) is 0.200. The van der Waals surface area contributed by atoms with Crippen LogP contribution in [0.1, 0.15) is 19.3 Å². The molecule has 0 radical (unpaired) electrons. The lowest BCUT2D eigenvalue weighted by Crippen LogP contribution is -2.49. The van der Waals surface area contributed by atoms with Gasteiger partial charge in [0.1, 0.15) is 21.8 Å². The van der Waals surface area contributed by atoms with Crippen molar-refractivity contribution in [2.75, 3.05) is 11.9 Å². The molecule has 5 rings (SSSR count). The summed E-state index contributed by atoms with van der Waals surface area (Å²) in [5.41, 5.74) is 1.59. The number of carbonyl (C=O) groups excluding carboxylic acids is 1. The number of amides is 1. The predicted octanol–water partition coefficient (Wildman–Crippen LogP) is 6.50. The summed E-state index contributed by atoms with van der Waals surface area (Å²) in [4.78, 5) is 17.7. The summed E-state index contributed by atoms with van der Waals surface area (Å²) in [5, 5.41) is 5.09. The first-order valence-electron chi connectivity index (χ1n) is 11.3. The standard InChI is InChI=1S/C25H22ClN3O4S3/c26-22-13-14-23(35-22)36(31,32)29-15-5-4-8-21(29)24(30)28-25-27-20(16-34-25)17-9-11-19(12-10-17)33-18-6-2-1-3-7-18/h1-3,6-7,9-14,16,21H,4-5,8,15H2,(H,27,28,30). The molecule has 1 atom stereocenters. The zero-order valence-corrected chi connectivity index (χ0v) is 22.2. The summed E-state index contributed by atoms with van der Waals surface area (Å²) in [5.74, 6) is 1.08. The summed E-state index contributed by atoms with van der Waals surface area (Å²) in [7, 11) is -3.81. The van der Waals surface area contributed by atoms with Crippen molar-refractivity contribution in [2.45, 2.75) is 29.5 Å². The number of ether oxygens (including phenoxy) is 1. The second-order valence-corrected chi connectivity index (χ2v) is 12.8. The normalized spacial score (nSPS) is 16.5. The molecule has 1 saturated heterocycles. The lowest BCUT2D eigenvalue weighted by molar-refractivity contribution is -0.120. The zero-order chi connectivity index (χ0) is 25.1. The molecule has 1 N–H and O–H groups in total. The summed E-state index contributed by atoms with van der Waals surface area (Å²) in [6, 6.07) is 19.3. The van der Waals surface area contributed by atoms with Gasteiger partial charge in [-0.1, -0.05) is 36.2 Å². The number of para-hydroxylation sites is 1. The molecule has 0 saturated carbocycles. The van der Waals surface area contributed by atoms with Crippen molar-refractivity contribution in [1.29, 1.82) is 0 Å². The van der Waals surface area contributed by atoms with E-state index in [1.807, 2.05) is 60.0 Å². The van der Waals surface area contributed by atoms with Crippen LogP contribution in [0, 0.1) is 0 Å². The van der Waals surface area contributed by atoms with Gasteiger partial charge in [0.05, 0.1) is 10.0 Å². The zero-order valence-electron chi connectivity index (χ0n) is 19.0. The minimum absolute atomic E-state index is 0.142. The second kappa shape index (κ2) is 10.7. The highest BCUT2D eigenvalue weighted by Crippen LogP contribution is 2.33. The third-order valence-electron chi connectivity index (χ3n) is 5.73. The van der Waals surface area contributed by atoms with Crippen LogP contribution in [0.15, 0.2) is 76.3 Å². The molecule has 1 aliphatic rings. The van der Waals surface area contributed by atoms with E-state index < -0.39 is 16.1 Å². The smallest absolute Gasteiger partial charge is 0.253 e. The average Bonchev–Trinajstić information content (AvgIpc) is 3.55. The number of anilines is 1. The highest BCUT2D eigenvalue weighted by molar-refractivity contribution is 7.91. The Morgan fingerprint density at radius 3 is 2.50 bits per heavy atom. The molecule has 36 heavy (non-hydrogen) atoms. The molecule has 11 heteroatoms. The second-order valence-electron chi connectivity index (χ2n) is 8.15. The monoisotopic (exact) mass is 559 g/mol. The van der Waals surface area contributed by atoms with E-state index in [1.54, 1.807) is 6.07 Å². The Balaban J connectivity index is 1.27. The van der Waals surface area contributed by atoms with Crippen LogP contribution in [0.2, 0.25) is 4.34 Å². The molecule has 0 bridgehead atoms. The number of sulfonamides is 1. The van der Waals surface area contributed by atoms with Crippen molar-refractivity contribution in [1.82, 2.24) is 9.29 Å². The Morgan fingerprint density at radius 1 is 1.03 bits per heavy atom. The molecule has 1 aliphatic heterocycles. The number of aromatic nitrogens is 1. The van der Waals surface area contributed by atoms with Crippen molar-refractivity contribution in [2.24, 2.45) is 0 Å². The molecule has 7 nitrogen and oxygen atoms in total. The number of carbonyl (C=O) groups is 1. The van der Waals surface area contributed by atoms with Gasteiger partial charge in [0.25, 0.3) is 10.0 Å². The Labute approximate surface area is 222 Å². The number of piperidine rings is 1. The highest BCUT2D eigenvalue weighted by Gasteiger charge is 2.38. The number of thiazole rings is 1. The van der Waals surface area contributed by atoms with Gasteiger partial charge in [-0.05, 0) is 61.4 Å². The summed E-state index contributed by atoms with van der Waals surface area (Å²) in [6.45, 7) is 0.288. The summed E-state index contributed by atoms with van der Waals surface area (Å²) in [6.07, 6.45) is 1.93. The number of rotatable bonds is 7. The number of nitrogens with zero attached hydrogens (tertiary/aromatic N) is 2. The van der Waals surface area contributed by atoms with Crippen LogP contribution in [-0.4, -0.2) is 36.2 Å². The Kier molecular flexibility index (Phi) is 7.40. The Morgan fingerprint density at radius 2 is 1.78 bits per heavy atom. The number of thiophene rings is 1. The van der Waals surface area contributed by atoms with Gasteiger partial charge in [0, 0.05) is 17.5 Å². The van der Waals surface area contributed by atoms with Crippen LogP contribution in [0.4, 0.5) is 5.13 Å². The quantitative estimate of drug-likeness (QED) is 0.279. The molecule has 186 valence electrons. The maximum atomic E-state index is 13.2. The maximum Gasteiger partial charge on any atom is 0.253 e. The number of nitrogens with one attached hydrogen (secondary N) is 1. The van der Waals surface area contributed by atoms with E-state index in [4.69, 9.17) is 16.3 Å². The molecule has 0 spiro atoms. The molecule has 1 amide bonds. The first kappa shape index (κ1) is 24.9. The third-order valence-corrected chi connectivity index (χ3v) is 10.1. The molecule has 1 unspecified atom stereocenters. The first-order valence-corrected chi connectivity index (χ1v) is 14.8. The van der Waals surface area contributed by atoms with Crippen molar-refractivity contribution < 1.29 is 17.9 Å². The minimum atomic E-state index is -3.81. The van der Waals surface area contributed by atoms with E-state index in [0.29, 0.717) is 33.8 Å². The summed E-state index contributed by atoms with van der Waals surface area (Å²) >= 11 is 8.24. The van der Waals surface area contributed by atoms with E-state index >= 15 is 0 Å². The fourth-order valence-electron chi connectivity index (χ4n) is 3.98. The Bertz CT molecular complexity index is 1450. The van der Waals surface area contributed by atoms with E-state index in [1.165, 1.54) is 21.7 Å². The maximum absolute atomic E-state index is 13.2. The van der Waals surface area contributed by atoms with Crippen molar-refractivity contribution >= 4 is 55.3 Å².